The van der Waals surface area contributed by atoms with Gasteiger partial charge in [0, 0.05) is 18.8 Å². The van der Waals surface area contributed by atoms with Crippen molar-refractivity contribution < 1.29 is 4.74 Å². The molecule has 1 aromatic rings. The van der Waals surface area contributed by atoms with Crippen molar-refractivity contribution in [1.29, 1.82) is 0 Å². The minimum Gasteiger partial charge on any atom is -0.490 e. The molecule has 0 aliphatic carbocycles. The highest BCUT2D eigenvalue weighted by Crippen LogP contribution is 2.17. The summed E-state index contributed by atoms with van der Waals surface area (Å²) in [5, 5.41) is 3.24. The minimum absolute atomic E-state index is 0.734. The first-order valence-corrected chi connectivity index (χ1v) is 4.16. The molecule has 0 amide bonds. The fraction of sp³-hybridized carbons (Fsp3) is 0.444. The standard InChI is InChI=1S/C9H12N2O/c1-7-2-3-9-8(11-7)6-10-4-5-12-9/h2-3,10H,4-6H2,1H3. The van der Waals surface area contributed by atoms with E-state index in [1.165, 1.54) is 0 Å². The van der Waals surface area contributed by atoms with Gasteiger partial charge in [-0.2, -0.15) is 0 Å². The van der Waals surface area contributed by atoms with Crippen molar-refractivity contribution in [3.63, 3.8) is 0 Å². The van der Waals surface area contributed by atoms with E-state index < -0.39 is 0 Å². The van der Waals surface area contributed by atoms with Crippen LogP contribution < -0.4 is 10.1 Å². The van der Waals surface area contributed by atoms with Crippen LogP contribution in [-0.4, -0.2) is 18.1 Å². The van der Waals surface area contributed by atoms with Gasteiger partial charge in [0.15, 0.2) is 0 Å². The molecular formula is C9H12N2O. The highest BCUT2D eigenvalue weighted by molar-refractivity contribution is 5.29. The highest BCUT2D eigenvalue weighted by Gasteiger charge is 2.08. The van der Waals surface area contributed by atoms with E-state index in [9.17, 15) is 0 Å². The van der Waals surface area contributed by atoms with Crippen LogP contribution in [0.5, 0.6) is 5.75 Å². The zero-order valence-electron chi connectivity index (χ0n) is 7.13. The van der Waals surface area contributed by atoms with Crippen LogP contribution in [0.4, 0.5) is 0 Å². The van der Waals surface area contributed by atoms with E-state index in [0.29, 0.717) is 0 Å². The molecule has 0 radical (unpaired) electrons. The fourth-order valence-electron chi connectivity index (χ4n) is 1.30. The molecule has 3 nitrogen and oxygen atoms in total. The molecule has 0 bridgehead atoms. The van der Waals surface area contributed by atoms with Gasteiger partial charge in [-0.1, -0.05) is 0 Å². The Labute approximate surface area is 71.8 Å². The van der Waals surface area contributed by atoms with E-state index in [2.05, 4.69) is 10.3 Å². The molecule has 64 valence electrons. The number of nitrogens with one attached hydrogen (secondary N) is 1. The van der Waals surface area contributed by atoms with Crippen molar-refractivity contribution in [3.05, 3.63) is 23.5 Å². The van der Waals surface area contributed by atoms with Crippen molar-refractivity contribution in [2.24, 2.45) is 0 Å². The summed E-state index contributed by atoms with van der Waals surface area (Å²) in [6, 6.07) is 3.97. The van der Waals surface area contributed by atoms with Gasteiger partial charge in [-0.3, -0.25) is 4.98 Å². The number of nitrogens with zero attached hydrogens (tertiary/aromatic N) is 1. The van der Waals surface area contributed by atoms with Gasteiger partial charge in [-0.05, 0) is 19.1 Å². The summed E-state index contributed by atoms with van der Waals surface area (Å²) in [4.78, 5) is 4.39. The summed E-state index contributed by atoms with van der Waals surface area (Å²) < 4.78 is 5.48. The third kappa shape index (κ3) is 1.41. The lowest BCUT2D eigenvalue weighted by molar-refractivity contribution is 0.325. The molecule has 12 heavy (non-hydrogen) atoms. The van der Waals surface area contributed by atoms with Gasteiger partial charge < -0.3 is 10.1 Å². The molecule has 2 rings (SSSR count). The number of aromatic nitrogens is 1. The van der Waals surface area contributed by atoms with Gasteiger partial charge >= 0.3 is 0 Å². The van der Waals surface area contributed by atoms with Crippen LogP contribution in [0.25, 0.3) is 0 Å². The van der Waals surface area contributed by atoms with Crippen LogP contribution in [0.2, 0.25) is 0 Å². The average Bonchev–Trinajstić information content (AvgIpc) is 2.28. The second kappa shape index (κ2) is 3.11. The van der Waals surface area contributed by atoms with Crippen molar-refractivity contribution in [2.45, 2.75) is 13.5 Å². The van der Waals surface area contributed by atoms with Crippen molar-refractivity contribution in [1.82, 2.24) is 10.3 Å². The van der Waals surface area contributed by atoms with Crippen LogP contribution in [0, 0.1) is 6.92 Å². The maximum absolute atomic E-state index is 5.48. The van der Waals surface area contributed by atoms with E-state index in [0.717, 1.165) is 36.8 Å². The number of rotatable bonds is 0. The molecule has 1 N–H and O–H groups in total. The first-order chi connectivity index (χ1) is 5.86. The summed E-state index contributed by atoms with van der Waals surface area (Å²) in [6.45, 7) is 4.44. The summed E-state index contributed by atoms with van der Waals surface area (Å²) >= 11 is 0. The Morgan fingerprint density at radius 2 is 2.42 bits per heavy atom. The number of ether oxygens (including phenoxy) is 1. The molecule has 0 fully saturated rings. The Balaban J connectivity index is 2.36. The monoisotopic (exact) mass is 164 g/mol. The average molecular weight is 164 g/mol. The lowest BCUT2D eigenvalue weighted by atomic mass is 10.3. The van der Waals surface area contributed by atoms with Crippen molar-refractivity contribution in [3.8, 4) is 5.75 Å². The van der Waals surface area contributed by atoms with Crippen molar-refractivity contribution in [2.75, 3.05) is 13.2 Å². The molecule has 1 aliphatic rings. The van der Waals surface area contributed by atoms with Gasteiger partial charge in [-0.15, -0.1) is 0 Å². The Morgan fingerprint density at radius 1 is 1.50 bits per heavy atom. The summed E-state index contributed by atoms with van der Waals surface area (Å²) in [7, 11) is 0. The predicted molar refractivity (Wildman–Crippen MR) is 46.2 cm³/mol. The van der Waals surface area contributed by atoms with Crippen LogP contribution >= 0.6 is 0 Å². The molecule has 1 aliphatic heterocycles. The predicted octanol–water partition coefficient (Wildman–Crippen LogP) is 0.872. The van der Waals surface area contributed by atoms with Crippen LogP contribution in [0.15, 0.2) is 12.1 Å². The zero-order chi connectivity index (χ0) is 8.39. The first-order valence-electron chi connectivity index (χ1n) is 4.16. The van der Waals surface area contributed by atoms with Crippen LogP contribution in [0.3, 0.4) is 0 Å². The summed E-state index contributed by atoms with van der Waals surface area (Å²) in [5.41, 5.74) is 2.06. The van der Waals surface area contributed by atoms with Crippen molar-refractivity contribution >= 4 is 0 Å². The van der Waals surface area contributed by atoms with E-state index in [4.69, 9.17) is 4.74 Å². The Kier molecular flexibility index (Phi) is 1.96. The Bertz CT molecular complexity index is 286. The van der Waals surface area contributed by atoms with Gasteiger partial charge in [0.1, 0.15) is 12.4 Å². The fourth-order valence-corrected chi connectivity index (χ4v) is 1.30. The maximum atomic E-state index is 5.48. The summed E-state index contributed by atoms with van der Waals surface area (Å²) in [6.07, 6.45) is 0. The van der Waals surface area contributed by atoms with Crippen LogP contribution in [0.1, 0.15) is 11.4 Å². The normalized spacial score (nSPS) is 16.1. The number of hydrogen-bond donors (Lipinski definition) is 1. The largest absolute Gasteiger partial charge is 0.490 e. The topological polar surface area (TPSA) is 34.2 Å². The number of pyridine rings is 1. The molecule has 0 saturated carbocycles. The molecule has 0 unspecified atom stereocenters. The van der Waals surface area contributed by atoms with E-state index in [1.807, 2.05) is 19.1 Å². The van der Waals surface area contributed by atoms with E-state index in [-0.39, 0.29) is 0 Å². The minimum atomic E-state index is 0.734. The highest BCUT2D eigenvalue weighted by atomic mass is 16.5. The third-order valence-corrected chi connectivity index (χ3v) is 1.90. The lowest BCUT2D eigenvalue weighted by Crippen LogP contribution is -2.16. The van der Waals surface area contributed by atoms with Crippen LogP contribution in [-0.2, 0) is 6.54 Å². The Hall–Kier alpha value is -1.09. The van der Waals surface area contributed by atoms with E-state index in [1.54, 1.807) is 0 Å². The van der Waals surface area contributed by atoms with Gasteiger partial charge in [0.25, 0.3) is 0 Å². The molecule has 0 saturated heterocycles. The second-order valence-corrected chi connectivity index (χ2v) is 2.92. The maximum Gasteiger partial charge on any atom is 0.142 e. The third-order valence-electron chi connectivity index (χ3n) is 1.90. The smallest absolute Gasteiger partial charge is 0.142 e. The SMILES string of the molecule is Cc1ccc2c(n1)CNCCO2. The molecule has 2 heterocycles. The molecular weight excluding hydrogens is 152 g/mol. The van der Waals surface area contributed by atoms with Gasteiger partial charge in [0.05, 0.1) is 5.69 Å². The second-order valence-electron chi connectivity index (χ2n) is 2.92. The number of aryl methyl sites for hydroxylation is 1. The lowest BCUT2D eigenvalue weighted by Gasteiger charge is -2.05. The quantitative estimate of drug-likeness (QED) is 0.618. The first kappa shape index (κ1) is 7.55. The number of hydrogen-bond acceptors (Lipinski definition) is 3. The molecule has 0 atom stereocenters. The zero-order valence-corrected chi connectivity index (χ0v) is 7.13. The van der Waals surface area contributed by atoms with Gasteiger partial charge in [0.2, 0.25) is 0 Å². The van der Waals surface area contributed by atoms with Gasteiger partial charge in [-0.25, -0.2) is 0 Å². The Morgan fingerprint density at radius 3 is 3.33 bits per heavy atom. The molecule has 0 spiro atoms. The molecule has 1 aromatic heterocycles. The molecule has 0 aromatic carbocycles. The summed E-state index contributed by atoms with van der Waals surface area (Å²) in [5.74, 6) is 0.922. The number of fused-ring (bicyclic) bond motifs is 1. The van der Waals surface area contributed by atoms with E-state index >= 15 is 0 Å². The molecule has 3 heteroatoms.